The summed E-state index contributed by atoms with van der Waals surface area (Å²) in [4.78, 5) is 13.3. The van der Waals surface area contributed by atoms with E-state index in [4.69, 9.17) is 8.83 Å². The van der Waals surface area contributed by atoms with Crippen molar-refractivity contribution in [1.82, 2.24) is 10.2 Å². The van der Waals surface area contributed by atoms with Gasteiger partial charge in [0.25, 0.3) is 17.7 Å². The maximum Gasteiger partial charge on any atom is 0.283 e. The number of anilines is 1. The van der Waals surface area contributed by atoms with E-state index in [1.807, 2.05) is 6.92 Å². The topological polar surface area (TPSA) is 85.6 Å². The van der Waals surface area contributed by atoms with E-state index in [2.05, 4.69) is 15.5 Å². The quantitative estimate of drug-likeness (QED) is 0.559. The van der Waals surface area contributed by atoms with Crippen LogP contribution in [0.25, 0.3) is 11.7 Å². The summed E-state index contributed by atoms with van der Waals surface area (Å²) in [5.74, 6) is -3.99. The maximum absolute atomic E-state index is 13.8. The lowest BCUT2D eigenvalue weighted by Gasteiger charge is -2.23. The van der Waals surface area contributed by atoms with E-state index in [1.165, 1.54) is 6.26 Å². The van der Waals surface area contributed by atoms with Crippen LogP contribution in [0.2, 0.25) is 0 Å². The van der Waals surface area contributed by atoms with Gasteiger partial charge in [0.2, 0.25) is 0 Å². The second-order valence-corrected chi connectivity index (χ2v) is 6.50. The van der Waals surface area contributed by atoms with Crippen LogP contribution in [0.3, 0.4) is 0 Å². The van der Waals surface area contributed by atoms with Gasteiger partial charge in [0.05, 0.1) is 18.5 Å². The Morgan fingerprint density at radius 1 is 1.21 bits per heavy atom. The molecular weight excluding hydrogens is 389 g/mol. The predicted molar refractivity (Wildman–Crippen MR) is 96.2 cm³/mol. The molecule has 3 rings (SSSR count). The first-order valence-corrected chi connectivity index (χ1v) is 9.05. The van der Waals surface area contributed by atoms with Crippen LogP contribution in [0.4, 0.5) is 18.9 Å². The van der Waals surface area contributed by atoms with E-state index < -0.39 is 35.1 Å². The van der Waals surface area contributed by atoms with Crippen molar-refractivity contribution in [2.75, 3.05) is 11.9 Å². The van der Waals surface area contributed by atoms with Crippen LogP contribution >= 0.6 is 0 Å². The molecule has 1 aromatic carbocycles. The number of benzene rings is 1. The molecule has 0 aliphatic heterocycles. The summed E-state index contributed by atoms with van der Waals surface area (Å²) in [6.07, 6.45) is 2.24. The Hall–Kier alpha value is -3.14. The number of aromatic nitrogens is 2. The number of carbonyl (C=O) groups is 1. The lowest BCUT2D eigenvalue weighted by Crippen LogP contribution is -3.15. The monoisotopic (exact) mass is 409 g/mol. The van der Waals surface area contributed by atoms with E-state index in [0.29, 0.717) is 18.2 Å². The predicted octanol–water partition coefficient (Wildman–Crippen LogP) is 2.57. The van der Waals surface area contributed by atoms with Crippen LogP contribution in [0, 0.1) is 17.5 Å². The Balaban J connectivity index is 1.71. The molecule has 0 radical (unpaired) electrons. The van der Waals surface area contributed by atoms with Gasteiger partial charge in [0.1, 0.15) is 0 Å². The Labute approximate surface area is 164 Å². The number of halogens is 3. The fraction of sp³-hybridized carbons (Fsp3) is 0.316. The molecule has 0 saturated carbocycles. The Morgan fingerprint density at radius 3 is 2.69 bits per heavy atom. The first-order chi connectivity index (χ1) is 13.9. The lowest BCUT2D eigenvalue weighted by molar-refractivity contribution is -0.928. The van der Waals surface area contributed by atoms with Gasteiger partial charge in [0, 0.05) is 0 Å². The fourth-order valence-corrected chi connectivity index (χ4v) is 2.85. The minimum atomic E-state index is -1.63. The van der Waals surface area contributed by atoms with Crippen molar-refractivity contribution in [2.24, 2.45) is 0 Å². The molecule has 10 heteroatoms. The fourth-order valence-electron chi connectivity index (χ4n) is 2.85. The lowest BCUT2D eigenvalue weighted by atomic mass is 10.2. The molecule has 1 amide bonds. The number of nitrogens with one attached hydrogen (secondary N) is 2. The molecule has 2 heterocycles. The summed E-state index contributed by atoms with van der Waals surface area (Å²) in [6.45, 7) is 4.42. The van der Waals surface area contributed by atoms with Crippen LogP contribution in [0.15, 0.2) is 39.4 Å². The molecule has 0 fully saturated rings. The molecule has 29 heavy (non-hydrogen) atoms. The molecule has 2 N–H and O–H groups in total. The average Bonchev–Trinajstić information content (AvgIpc) is 3.39. The summed E-state index contributed by atoms with van der Waals surface area (Å²) >= 11 is 0. The van der Waals surface area contributed by atoms with Crippen molar-refractivity contribution >= 4 is 11.6 Å². The van der Waals surface area contributed by atoms with E-state index in [9.17, 15) is 18.0 Å². The van der Waals surface area contributed by atoms with E-state index in [-0.39, 0.29) is 12.4 Å². The molecule has 154 valence electrons. The summed E-state index contributed by atoms with van der Waals surface area (Å²) in [7, 11) is 0. The Bertz CT molecular complexity index is 975. The molecule has 1 unspecified atom stereocenters. The number of quaternary nitrogens is 1. The number of amides is 1. The summed E-state index contributed by atoms with van der Waals surface area (Å²) in [6, 6.07) is 4.45. The van der Waals surface area contributed by atoms with Gasteiger partial charge < -0.3 is 19.1 Å². The third-order valence-electron chi connectivity index (χ3n) is 4.45. The molecule has 7 nitrogen and oxygen atoms in total. The number of furan rings is 1. The molecule has 0 saturated heterocycles. The molecule has 2 atom stereocenters. The summed E-state index contributed by atoms with van der Waals surface area (Å²) in [5, 5.41) is 10.2. The van der Waals surface area contributed by atoms with Crippen molar-refractivity contribution in [2.45, 2.75) is 32.9 Å². The van der Waals surface area contributed by atoms with Crippen LogP contribution in [0.5, 0.6) is 0 Å². The van der Waals surface area contributed by atoms with Gasteiger partial charge in [0.15, 0.2) is 35.8 Å². The van der Waals surface area contributed by atoms with Gasteiger partial charge in [-0.3, -0.25) is 4.79 Å². The van der Waals surface area contributed by atoms with Gasteiger partial charge in [-0.2, -0.15) is 0 Å². The highest BCUT2D eigenvalue weighted by Gasteiger charge is 2.28. The molecule has 0 aliphatic rings. The highest BCUT2D eigenvalue weighted by molar-refractivity contribution is 5.93. The molecule has 2 aromatic heterocycles. The van der Waals surface area contributed by atoms with E-state index in [1.54, 1.807) is 19.1 Å². The van der Waals surface area contributed by atoms with Gasteiger partial charge in [-0.1, -0.05) is 6.92 Å². The standard InChI is InChI=1S/C19H19F3N4O3/c1-3-8-26(10-15-24-25-19(29-15)14-5-4-9-28-14)11(2)18(27)23-13-7-6-12(20)16(21)17(13)22/h4-7,9,11H,3,8,10H2,1-2H3,(H,23,27)/p+1/t11-/m1/s1. The van der Waals surface area contributed by atoms with Crippen molar-refractivity contribution in [1.29, 1.82) is 0 Å². The minimum absolute atomic E-state index is 0.224. The second kappa shape index (κ2) is 8.91. The summed E-state index contributed by atoms with van der Waals surface area (Å²) in [5.41, 5.74) is -0.422. The Morgan fingerprint density at radius 2 is 2.00 bits per heavy atom. The normalized spacial score (nSPS) is 13.3. The van der Waals surface area contributed by atoms with Crippen LogP contribution in [-0.4, -0.2) is 28.7 Å². The molecule has 0 spiro atoms. The third-order valence-corrected chi connectivity index (χ3v) is 4.45. The SMILES string of the molecule is CCC[NH+](Cc1nnc(-c2ccco2)o1)[C@H](C)C(=O)Nc1ccc(F)c(F)c1F. The van der Waals surface area contributed by atoms with Crippen molar-refractivity contribution in [3.05, 3.63) is 53.9 Å². The smallest absolute Gasteiger partial charge is 0.283 e. The highest BCUT2D eigenvalue weighted by Crippen LogP contribution is 2.20. The van der Waals surface area contributed by atoms with Crippen molar-refractivity contribution in [3.8, 4) is 11.7 Å². The number of rotatable bonds is 8. The zero-order valence-electron chi connectivity index (χ0n) is 15.8. The molecule has 0 bridgehead atoms. The van der Waals surface area contributed by atoms with Crippen molar-refractivity contribution < 1.29 is 31.7 Å². The number of carbonyl (C=O) groups excluding carboxylic acids is 1. The first kappa shape index (κ1) is 20.6. The van der Waals surface area contributed by atoms with Crippen LogP contribution in [0.1, 0.15) is 26.2 Å². The zero-order valence-corrected chi connectivity index (χ0v) is 15.8. The average molecular weight is 409 g/mol. The summed E-state index contributed by atoms with van der Waals surface area (Å²) < 4.78 is 51.1. The van der Waals surface area contributed by atoms with E-state index in [0.717, 1.165) is 23.5 Å². The maximum atomic E-state index is 13.8. The van der Waals surface area contributed by atoms with Gasteiger partial charge in [-0.05, 0) is 37.6 Å². The molecule has 3 aromatic rings. The van der Waals surface area contributed by atoms with Crippen LogP contribution < -0.4 is 10.2 Å². The van der Waals surface area contributed by atoms with Gasteiger partial charge in [-0.25, -0.2) is 13.2 Å². The van der Waals surface area contributed by atoms with Gasteiger partial charge >= 0.3 is 0 Å². The third kappa shape index (κ3) is 4.65. The second-order valence-electron chi connectivity index (χ2n) is 6.50. The Kier molecular flexibility index (Phi) is 6.32. The zero-order chi connectivity index (χ0) is 21.0. The molecule has 0 aliphatic carbocycles. The molecular formula is C19H20F3N4O3+. The van der Waals surface area contributed by atoms with Gasteiger partial charge in [-0.15, -0.1) is 10.2 Å². The highest BCUT2D eigenvalue weighted by atomic mass is 19.2. The number of nitrogens with zero attached hydrogens (tertiary/aromatic N) is 2. The largest absolute Gasteiger partial charge is 0.459 e. The van der Waals surface area contributed by atoms with E-state index >= 15 is 0 Å². The number of hydrogen-bond acceptors (Lipinski definition) is 5. The minimum Gasteiger partial charge on any atom is -0.459 e. The van der Waals surface area contributed by atoms with Crippen molar-refractivity contribution in [3.63, 3.8) is 0 Å². The van der Waals surface area contributed by atoms with Crippen LogP contribution in [-0.2, 0) is 11.3 Å². The number of hydrogen-bond donors (Lipinski definition) is 2. The first-order valence-electron chi connectivity index (χ1n) is 9.05.